The molecule has 3 rings (SSSR count). The number of carbonyl (C=O) groups is 2. The molecule has 2 amide bonds. The van der Waals surface area contributed by atoms with Crippen LogP contribution in [0.4, 0.5) is 5.69 Å². The molecule has 2 heterocycles. The standard InChI is InChI=1S/C20H21N3O2S/c1-13-5-7-15(8-6-13)23-18(24)12-16(19(23)17-4-3-11-26-17)20(25)22-14(2)9-10-21/h3-8,11,14,16,19H,9,12H2,1-2H3,(H,22,25)/t14-,16-,19-/m0/s1. The van der Waals surface area contributed by atoms with Crippen LogP contribution in [-0.4, -0.2) is 17.9 Å². The first-order chi connectivity index (χ1) is 12.5. The summed E-state index contributed by atoms with van der Waals surface area (Å²) in [6.45, 7) is 3.80. The number of carbonyl (C=O) groups excluding carboxylic acids is 2. The minimum atomic E-state index is -0.469. The van der Waals surface area contributed by atoms with Gasteiger partial charge in [0.25, 0.3) is 0 Å². The van der Waals surface area contributed by atoms with Gasteiger partial charge in [-0.2, -0.15) is 5.26 Å². The van der Waals surface area contributed by atoms with Crippen LogP contribution in [0.3, 0.4) is 0 Å². The number of hydrogen-bond donors (Lipinski definition) is 1. The van der Waals surface area contributed by atoms with Crippen LogP contribution in [-0.2, 0) is 9.59 Å². The van der Waals surface area contributed by atoms with Crippen LogP contribution in [0.15, 0.2) is 41.8 Å². The van der Waals surface area contributed by atoms with E-state index >= 15 is 0 Å². The van der Waals surface area contributed by atoms with Gasteiger partial charge in [-0.25, -0.2) is 0 Å². The number of amides is 2. The van der Waals surface area contributed by atoms with Crippen molar-refractivity contribution in [1.29, 1.82) is 5.26 Å². The monoisotopic (exact) mass is 367 g/mol. The summed E-state index contributed by atoms with van der Waals surface area (Å²) in [4.78, 5) is 28.3. The van der Waals surface area contributed by atoms with E-state index in [9.17, 15) is 9.59 Å². The Morgan fingerprint density at radius 1 is 1.38 bits per heavy atom. The summed E-state index contributed by atoms with van der Waals surface area (Å²) in [6.07, 6.45) is 0.416. The Labute approximate surface area is 157 Å². The van der Waals surface area contributed by atoms with E-state index in [2.05, 4.69) is 11.4 Å². The van der Waals surface area contributed by atoms with Gasteiger partial charge in [-0.05, 0) is 37.4 Å². The molecule has 2 aromatic rings. The van der Waals surface area contributed by atoms with Crippen molar-refractivity contribution in [2.45, 2.75) is 38.8 Å². The van der Waals surface area contributed by atoms with Crippen LogP contribution in [0.2, 0.25) is 0 Å². The van der Waals surface area contributed by atoms with Gasteiger partial charge in [0.2, 0.25) is 11.8 Å². The molecule has 0 spiro atoms. The topological polar surface area (TPSA) is 73.2 Å². The van der Waals surface area contributed by atoms with Crippen molar-refractivity contribution >= 4 is 28.8 Å². The first kappa shape index (κ1) is 18.2. The highest BCUT2D eigenvalue weighted by Crippen LogP contribution is 2.43. The molecule has 0 radical (unpaired) electrons. The molecule has 5 nitrogen and oxygen atoms in total. The molecule has 134 valence electrons. The van der Waals surface area contributed by atoms with Crippen LogP contribution in [0.5, 0.6) is 0 Å². The van der Waals surface area contributed by atoms with E-state index in [1.807, 2.05) is 48.7 Å². The number of rotatable bonds is 5. The quantitative estimate of drug-likeness (QED) is 0.878. The average molecular weight is 367 g/mol. The van der Waals surface area contributed by atoms with Gasteiger partial charge < -0.3 is 10.2 Å². The third-order valence-electron chi connectivity index (χ3n) is 4.59. The lowest BCUT2D eigenvalue weighted by Crippen LogP contribution is -2.39. The molecule has 1 aliphatic rings. The zero-order chi connectivity index (χ0) is 18.7. The molecule has 0 saturated carbocycles. The zero-order valence-corrected chi connectivity index (χ0v) is 15.6. The lowest BCUT2D eigenvalue weighted by Gasteiger charge is -2.27. The van der Waals surface area contributed by atoms with E-state index in [0.29, 0.717) is 0 Å². The van der Waals surface area contributed by atoms with Crippen molar-refractivity contribution in [3.8, 4) is 6.07 Å². The maximum Gasteiger partial charge on any atom is 0.228 e. The third kappa shape index (κ3) is 3.63. The van der Waals surface area contributed by atoms with E-state index in [0.717, 1.165) is 16.1 Å². The van der Waals surface area contributed by atoms with Gasteiger partial charge in [0.1, 0.15) is 0 Å². The number of thiophene rings is 1. The van der Waals surface area contributed by atoms with Crippen LogP contribution in [0, 0.1) is 24.2 Å². The molecule has 1 aliphatic heterocycles. The summed E-state index contributed by atoms with van der Waals surface area (Å²) in [7, 11) is 0. The molecule has 0 aliphatic carbocycles. The molecule has 1 saturated heterocycles. The zero-order valence-electron chi connectivity index (χ0n) is 14.8. The van der Waals surface area contributed by atoms with E-state index in [1.165, 1.54) is 0 Å². The Morgan fingerprint density at radius 2 is 2.12 bits per heavy atom. The van der Waals surface area contributed by atoms with Crippen molar-refractivity contribution < 1.29 is 9.59 Å². The highest BCUT2D eigenvalue weighted by Gasteiger charge is 2.45. The molecule has 0 bridgehead atoms. The molecule has 1 fully saturated rings. The summed E-state index contributed by atoms with van der Waals surface area (Å²) in [5.74, 6) is -0.696. The average Bonchev–Trinajstić information content (AvgIpc) is 3.23. The molecule has 1 N–H and O–H groups in total. The van der Waals surface area contributed by atoms with Gasteiger partial charge >= 0.3 is 0 Å². The maximum absolute atomic E-state index is 12.8. The summed E-state index contributed by atoms with van der Waals surface area (Å²) >= 11 is 1.55. The number of nitriles is 1. The second-order valence-electron chi connectivity index (χ2n) is 6.64. The highest BCUT2D eigenvalue weighted by molar-refractivity contribution is 7.10. The van der Waals surface area contributed by atoms with Crippen molar-refractivity contribution in [2.24, 2.45) is 5.92 Å². The highest BCUT2D eigenvalue weighted by atomic mass is 32.1. The van der Waals surface area contributed by atoms with Crippen LogP contribution in [0.25, 0.3) is 0 Å². The summed E-state index contributed by atoms with van der Waals surface area (Å²) in [6, 6.07) is 13.2. The molecule has 1 aromatic heterocycles. The Balaban J connectivity index is 1.93. The second-order valence-corrected chi connectivity index (χ2v) is 7.62. The van der Waals surface area contributed by atoms with Crippen LogP contribution < -0.4 is 10.2 Å². The number of anilines is 1. The van der Waals surface area contributed by atoms with Gasteiger partial charge in [0.05, 0.1) is 24.4 Å². The fourth-order valence-corrected chi connectivity index (χ4v) is 4.18. The molecular formula is C20H21N3O2S. The number of nitrogens with zero attached hydrogens (tertiary/aromatic N) is 2. The van der Waals surface area contributed by atoms with Gasteiger partial charge in [-0.15, -0.1) is 11.3 Å². The molecule has 1 aromatic carbocycles. The molecule has 0 unspecified atom stereocenters. The van der Waals surface area contributed by atoms with E-state index in [1.54, 1.807) is 23.2 Å². The first-order valence-corrected chi connectivity index (χ1v) is 9.48. The molecule has 3 atom stereocenters. The molecular weight excluding hydrogens is 346 g/mol. The SMILES string of the molecule is Cc1ccc(N2C(=O)C[C@H](C(=O)N[C@@H](C)CC#N)[C@H]2c2cccs2)cc1. The molecule has 6 heteroatoms. The lowest BCUT2D eigenvalue weighted by molar-refractivity contribution is -0.127. The van der Waals surface area contributed by atoms with Gasteiger partial charge in [-0.1, -0.05) is 23.8 Å². The fourth-order valence-electron chi connectivity index (χ4n) is 3.30. The minimum absolute atomic E-state index is 0.0552. The molecule has 26 heavy (non-hydrogen) atoms. The van der Waals surface area contributed by atoms with E-state index in [4.69, 9.17) is 5.26 Å². The van der Waals surface area contributed by atoms with Crippen LogP contribution in [0.1, 0.15) is 36.2 Å². The van der Waals surface area contributed by atoms with Crippen molar-refractivity contribution in [3.05, 3.63) is 52.2 Å². The van der Waals surface area contributed by atoms with Crippen molar-refractivity contribution in [1.82, 2.24) is 5.32 Å². The number of hydrogen-bond acceptors (Lipinski definition) is 4. The minimum Gasteiger partial charge on any atom is -0.352 e. The lowest BCUT2D eigenvalue weighted by atomic mass is 9.97. The van der Waals surface area contributed by atoms with Crippen molar-refractivity contribution in [3.63, 3.8) is 0 Å². The Kier molecular flexibility index (Phi) is 5.38. The first-order valence-electron chi connectivity index (χ1n) is 8.60. The fraction of sp³-hybridized carbons (Fsp3) is 0.350. The van der Waals surface area contributed by atoms with Gasteiger partial charge in [0, 0.05) is 23.0 Å². The summed E-state index contributed by atoms with van der Waals surface area (Å²) in [5.41, 5.74) is 1.92. The van der Waals surface area contributed by atoms with Crippen molar-refractivity contribution in [2.75, 3.05) is 4.90 Å². The number of benzene rings is 1. The Hall–Kier alpha value is -2.65. The number of aryl methyl sites for hydroxylation is 1. The van der Waals surface area contributed by atoms with Gasteiger partial charge in [0.15, 0.2) is 0 Å². The van der Waals surface area contributed by atoms with Gasteiger partial charge in [-0.3, -0.25) is 9.59 Å². The third-order valence-corrected chi connectivity index (χ3v) is 5.54. The smallest absolute Gasteiger partial charge is 0.228 e. The Morgan fingerprint density at radius 3 is 2.73 bits per heavy atom. The predicted molar refractivity (Wildman–Crippen MR) is 102 cm³/mol. The predicted octanol–water partition coefficient (Wildman–Crippen LogP) is 3.57. The van der Waals surface area contributed by atoms with E-state index in [-0.39, 0.29) is 36.7 Å². The maximum atomic E-state index is 12.8. The van der Waals surface area contributed by atoms with Crippen LogP contribution >= 0.6 is 11.3 Å². The Bertz CT molecular complexity index is 824. The summed E-state index contributed by atoms with van der Waals surface area (Å²) < 4.78 is 0. The van der Waals surface area contributed by atoms with E-state index < -0.39 is 5.92 Å². The summed E-state index contributed by atoms with van der Waals surface area (Å²) in [5, 5.41) is 13.6. The largest absolute Gasteiger partial charge is 0.352 e. The number of nitrogens with one attached hydrogen (secondary N) is 1. The normalized spacial score (nSPS) is 20.7. The second kappa shape index (κ2) is 7.71.